The van der Waals surface area contributed by atoms with E-state index in [1.54, 1.807) is 19.1 Å². The number of halogens is 6. The first kappa shape index (κ1) is 20.8. The van der Waals surface area contributed by atoms with E-state index in [1.807, 2.05) is 0 Å². The van der Waals surface area contributed by atoms with Gasteiger partial charge in [-0.15, -0.1) is 11.3 Å². The Hall–Kier alpha value is -2.96. The standard InChI is InChI=1S/C16H12F6N6S/c1-9-2-3-12(29-9)11-6-13(16(20,21)22)25-14(24-11)26-23-7-10-4-5-28(27-10)8-15(17,18)19/h2-7H,8H2,1H3,(H,24,25,26). The lowest BCUT2D eigenvalue weighted by atomic mass is 10.2. The Bertz CT molecular complexity index is 1020. The van der Waals surface area contributed by atoms with Gasteiger partial charge >= 0.3 is 12.4 Å². The summed E-state index contributed by atoms with van der Waals surface area (Å²) in [6.45, 7) is 0.538. The summed E-state index contributed by atoms with van der Waals surface area (Å²) in [4.78, 5) is 8.83. The molecule has 0 aliphatic heterocycles. The van der Waals surface area contributed by atoms with Crippen molar-refractivity contribution in [3.8, 4) is 10.6 Å². The van der Waals surface area contributed by atoms with Crippen LogP contribution in [-0.4, -0.2) is 32.1 Å². The van der Waals surface area contributed by atoms with Gasteiger partial charge in [0.25, 0.3) is 0 Å². The van der Waals surface area contributed by atoms with Gasteiger partial charge in [-0.05, 0) is 31.2 Å². The zero-order valence-corrected chi connectivity index (χ0v) is 15.4. The van der Waals surface area contributed by atoms with Crippen LogP contribution in [0.4, 0.5) is 32.3 Å². The van der Waals surface area contributed by atoms with Gasteiger partial charge < -0.3 is 0 Å². The lowest BCUT2D eigenvalue weighted by Gasteiger charge is -2.09. The van der Waals surface area contributed by atoms with E-state index in [2.05, 4.69) is 25.6 Å². The summed E-state index contributed by atoms with van der Waals surface area (Å²) in [6, 6.07) is 5.49. The molecule has 3 rings (SSSR count). The number of nitrogens with one attached hydrogen (secondary N) is 1. The highest BCUT2D eigenvalue weighted by Crippen LogP contribution is 2.33. The molecular formula is C16H12F6N6S. The van der Waals surface area contributed by atoms with Gasteiger partial charge in [-0.25, -0.2) is 15.4 Å². The highest BCUT2D eigenvalue weighted by molar-refractivity contribution is 7.15. The summed E-state index contributed by atoms with van der Waals surface area (Å²) in [5.41, 5.74) is 1.25. The van der Waals surface area contributed by atoms with Crippen molar-refractivity contribution in [3.05, 3.63) is 46.7 Å². The Morgan fingerprint density at radius 1 is 1.14 bits per heavy atom. The Kier molecular flexibility index (Phi) is 5.59. The second-order valence-electron chi connectivity index (χ2n) is 5.79. The molecule has 3 heterocycles. The zero-order valence-electron chi connectivity index (χ0n) is 14.6. The van der Waals surface area contributed by atoms with Crippen molar-refractivity contribution in [2.45, 2.75) is 25.8 Å². The van der Waals surface area contributed by atoms with Crippen molar-refractivity contribution in [2.24, 2.45) is 5.10 Å². The third kappa shape index (κ3) is 5.76. The van der Waals surface area contributed by atoms with E-state index in [9.17, 15) is 26.3 Å². The molecule has 0 radical (unpaired) electrons. The van der Waals surface area contributed by atoms with Crippen molar-refractivity contribution in [3.63, 3.8) is 0 Å². The smallest absolute Gasteiger partial charge is 0.263 e. The second-order valence-corrected chi connectivity index (χ2v) is 7.08. The molecule has 0 aromatic carbocycles. The van der Waals surface area contributed by atoms with Gasteiger partial charge in [0.1, 0.15) is 12.2 Å². The zero-order chi connectivity index (χ0) is 21.2. The average Bonchev–Trinajstić information content (AvgIpc) is 3.21. The van der Waals surface area contributed by atoms with E-state index in [4.69, 9.17) is 0 Å². The molecule has 0 aliphatic carbocycles. The average molecular weight is 434 g/mol. The molecule has 0 saturated carbocycles. The summed E-state index contributed by atoms with van der Waals surface area (Å²) in [5.74, 6) is -0.410. The lowest BCUT2D eigenvalue weighted by molar-refractivity contribution is -0.143. The summed E-state index contributed by atoms with van der Waals surface area (Å²) in [6.07, 6.45) is -6.97. The van der Waals surface area contributed by atoms with Gasteiger partial charge in [0.2, 0.25) is 5.95 Å². The molecule has 29 heavy (non-hydrogen) atoms. The molecule has 0 atom stereocenters. The molecule has 0 fully saturated rings. The molecule has 0 aliphatic rings. The van der Waals surface area contributed by atoms with E-state index in [1.165, 1.54) is 17.4 Å². The Balaban J connectivity index is 1.80. The first-order valence-corrected chi connectivity index (χ1v) is 8.74. The van der Waals surface area contributed by atoms with Crippen LogP contribution in [0.15, 0.2) is 35.6 Å². The van der Waals surface area contributed by atoms with Gasteiger partial charge in [-0.1, -0.05) is 0 Å². The van der Waals surface area contributed by atoms with Crippen LogP contribution in [0, 0.1) is 6.92 Å². The largest absolute Gasteiger partial charge is 0.433 e. The molecule has 0 unspecified atom stereocenters. The number of hydrogen-bond acceptors (Lipinski definition) is 6. The van der Waals surface area contributed by atoms with Crippen molar-refractivity contribution in [1.82, 2.24) is 19.7 Å². The van der Waals surface area contributed by atoms with Crippen LogP contribution in [0.5, 0.6) is 0 Å². The molecule has 0 spiro atoms. The second kappa shape index (κ2) is 7.81. The molecule has 3 aromatic heterocycles. The molecule has 0 amide bonds. The Morgan fingerprint density at radius 2 is 1.90 bits per heavy atom. The number of thiophene rings is 1. The number of anilines is 1. The van der Waals surface area contributed by atoms with Gasteiger partial charge in [-0.3, -0.25) is 4.68 Å². The van der Waals surface area contributed by atoms with Crippen LogP contribution < -0.4 is 5.43 Å². The number of aryl methyl sites for hydroxylation is 1. The van der Waals surface area contributed by atoms with Gasteiger partial charge in [0.05, 0.1) is 16.8 Å². The minimum atomic E-state index is -4.69. The number of nitrogens with zero attached hydrogens (tertiary/aromatic N) is 5. The molecule has 154 valence electrons. The number of hydrogen-bond donors (Lipinski definition) is 1. The number of aromatic nitrogens is 4. The molecule has 0 saturated heterocycles. The fourth-order valence-electron chi connectivity index (χ4n) is 2.22. The molecule has 3 aromatic rings. The van der Waals surface area contributed by atoms with E-state index in [0.29, 0.717) is 9.56 Å². The topological polar surface area (TPSA) is 68.0 Å². The van der Waals surface area contributed by atoms with Crippen LogP contribution in [0.1, 0.15) is 16.3 Å². The SMILES string of the molecule is Cc1ccc(-c2cc(C(F)(F)F)nc(NN=Cc3ccn(CC(F)(F)F)n3)n2)s1. The fourth-order valence-corrected chi connectivity index (χ4v) is 3.04. The van der Waals surface area contributed by atoms with Crippen molar-refractivity contribution in [1.29, 1.82) is 0 Å². The number of alkyl halides is 6. The monoisotopic (exact) mass is 434 g/mol. The number of hydrazone groups is 1. The van der Waals surface area contributed by atoms with Crippen molar-refractivity contribution in [2.75, 3.05) is 5.43 Å². The quantitative estimate of drug-likeness (QED) is 0.358. The van der Waals surface area contributed by atoms with Gasteiger partial charge in [-0.2, -0.15) is 36.5 Å². The number of rotatable bonds is 5. The first-order chi connectivity index (χ1) is 13.5. The van der Waals surface area contributed by atoms with Crippen LogP contribution in [0.25, 0.3) is 10.6 Å². The van der Waals surface area contributed by atoms with Gasteiger partial charge in [0, 0.05) is 11.1 Å². The third-order valence-corrected chi connectivity index (χ3v) is 4.40. The lowest BCUT2D eigenvalue weighted by Crippen LogP contribution is -2.18. The van der Waals surface area contributed by atoms with E-state index < -0.39 is 30.5 Å². The molecule has 0 bridgehead atoms. The summed E-state index contributed by atoms with van der Waals surface area (Å²) >= 11 is 1.27. The van der Waals surface area contributed by atoms with Crippen LogP contribution in [0.3, 0.4) is 0 Å². The normalized spacial score (nSPS) is 12.7. The maximum atomic E-state index is 13.1. The van der Waals surface area contributed by atoms with Crippen LogP contribution in [0.2, 0.25) is 0 Å². The summed E-state index contributed by atoms with van der Waals surface area (Å²) in [5, 5.41) is 7.30. The maximum Gasteiger partial charge on any atom is 0.433 e. The summed E-state index contributed by atoms with van der Waals surface area (Å²) in [7, 11) is 0. The predicted octanol–water partition coefficient (Wildman–Crippen LogP) is 4.74. The third-order valence-electron chi connectivity index (χ3n) is 3.37. The van der Waals surface area contributed by atoms with Crippen molar-refractivity contribution >= 4 is 23.5 Å². The molecule has 1 N–H and O–H groups in total. The van der Waals surface area contributed by atoms with E-state index in [0.717, 1.165) is 23.4 Å². The van der Waals surface area contributed by atoms with Crippen LogP contribution >= 0.6 is 11.3 Å². The first-order valence-electron chi connectivity index (χ1n) is 7.92. The predicted molar refractivity (Wildman–Crippen MR) is 94.6 cm³/mol. The maximum absolute atomic E-state index is 13.1. The fraction of sp³-hybridized carbons (Fsp3) is 0.250. The van der Waals surface area contributed by atoms with E-state index >= 15 is 0 Å². The Morgan fingerprint density at radius 3 is 2.52 bits per heavy atom. The highest BCUT2D eigenvalue weighted by Gasteiger charge is 2.34. The summed E-state index contributed by atoms with van der Waals surface area (Å²) < 4.78 is 77.0. The minimum absolute atomic E-state index is 0.0672. The van der Waals surface area contributed by atoms with E-state index in [-0.39, 0.29) is 11.4 Å². The van der Waals surface area contributed by atoms with Crippen molar-refractivity contribution < 1.29 is 26.3 Å². The molecule has 13 heteroatoms. The van der Waals surface area contributed by atoms with Gasteiger partial charge in [0.15, 0.2) is 5.69 Å². The minimum Gasteiger partial charge on any atom is -0.263 e. The molecular weight excluding hydrogens is 422 g/mol. The molecule has 6 nitrogen and oxygen atoms in total. The highest BCUT2D eigenvalue weighted by atomic mass is 32.1. The Labute approximate surface area is 163 Å². The van der Waals surface area contributed by atoms with Crippen LogP contribution in [-0.2, 0) is 12.7 Å².